The predicted molar refractivity (Wildman–Crippen MR) is 91.7 cm³/mol. The molecule has 2 amide bonds. The van der Waals surface area contributed by atoms with Crippen LogP contribution in [0.3, 0.4) is 0 Å². The van der Waals surface area contributed by atoms with Crippen LogP contribution in [0, 0.1) is 13.8 Å². The van der Waals surface area contributed by atoms with Crippen molar-refractivity contribution < 1.29 is 14.0 Å². The molecule has 0 aliphatic carbocycles. The highest BCUT2D eigenvalue weighted by molar-refractivity contribution is 6.30. The smallest absolute Gasteiger partial charge is 0.290 e. The zero-order chi connectivity index (χ0) is 18.0. The van der Waals surface area contributed by atoms with Crippen molar-refractivity contribution >= 4 is 23.4 Å². The van der Waals surface area contributed by atoms with Gasteiger partial charge in [0, 0.05) is 11.2 Å². The monoisotopic (exact) mass is 358 g/mol. The van der Waals surface area contributed by atoms with Crippen molar-refractivity contribution in [2.75, 3.05) is 0 Å². The molecule has 2 aromatic heterocycles. The van der Waals surface area contributed by atoms with E-state index in [0.717, 1.165) is 5.69 Å². The first-order chi connectivity index (χ1) is 11.9. The lowest BCUT2D eigenvalue weighted by Gasteiger charge is -2.05. The SMILES string of the molecule is Cc1cc(C(=O)NNC(=O)c2ccn(-c3cccc(Cl)c3)n2)c(C)o1. The van der Waals surface area contributed by atoms with Crippen LogP contribution in [-0.2, 0) is 0 Å². The average molecular weight is 359 g/mol. The predicted octanol–water partition coefficient (Wildman–Crippen LogP) is 2.81. The van der Waals surface area contributed by atoms with Gasteiger partial charge in [-0.25, -0.2) is 4.68 Å². The molecule has 7 nitrogen and oxygen atoms in total. The Bertz CT molecular complexity index is 945. The molecule has 0 unspecified atom stereocenters. The van der Waals surface area contributed by atoms with Gasteiger partial charge >= 0.3 is 0 Å². The molecule has 2 N–H and O–H groups in total. The highest BCUT2D eigenvalue weighted by Crippen LogP contribution is 2.15. The summed E-state index contributed by atoms with van der Waals surface area (Å²) in [4.78, 5) is 24.2. The summed E-state index contributed by atoms with van der Waals surface area (Å²) in [7, 11) is 0. The van der Waals surface area contributed by atoms with E-state index >= 15 is 0 Å². The number of halogens is 1. The molecule has 0 bridgehead atoms. The first kappa shape index (κ1) is 16.8. The molecule has 8 heteroatoms. The Morgan fingerprint density at radius 2 is 1.88 bits per heavy atom. The zero-order valence-corrected chi connectivity index (χ0v) is 14.3. The Balaban J connectivity index is 1.66. The maximum atomic E-state index is 12.1. The van der Waals surface area contributed by atoms with Crippen LogP contribution in [0.5, 0.6) is 0 Å². The molecule has 2 heterocycles. The molecular weight excluding hydrogens is 344 g/mol. The normalized spacial score (nSPS) is 10.5. The first-order valence-corrected chi connectivity index (χ1v) is 7.81. The second-order valence-corrected chi connectivity index (χ2v) is 5.80. The lowest BCUT2D eigenvalue weighted by atomic mass is 10.2. The van der Waals surface area contributed by atoms with Crippen LogP contribution in [0.15, 0.2) is 47.0 Å². The van der Waals surface area contributed by atoms with E-state index in [2.05, 4.69) is 16.0 Å². The van der Waals surface area contributed by atoms with Crippen LogP contribution in [-0.4, -0.2) is 21.6 Å². The number of hydrogen-bond acceptors (Lipinski definition) is 4. The van der Waals surface area contributed by atoms with Crippen LogP contribution in [0.1, 0.15) is 32.4 Å². The third-order valence-corrected chi connectivity index (χ3v) is 3.70. The van der Waals surface area contributed by atoms with Crippen molar-refractivity contribution in [3.05, 3.63) is 70.4 Å². The molecule has 0 spiro atoms. The molecule has 0 aliphatic heterocycles. The van der Waals surface area contributed by atoms with E-state index in [1.165, 1.54) is 10.7 Å². The summed E-state index contributed by atoms with van der Waals surface area (Å²) in [5.41, 5.74) is 5.91. The summed E-state index contributed by atoms with van der Waals surface area (Å²) >= 11 is 5.95. The number of benzene rings is 1. The van der Waals surface area contributed by atoms with Gasteiger partial charge in [-0.1, -0.05) is 17.7 Å². The lowest BCUT2D eigenvalue weighted by molar-refractivity contribution is 0.0842. The molecular formula is C17H15ClN4O3. The van der Waals surface area contributed by atoms with E-state index in [1.807, 2.05) is 6.07 Å². The second kappa shape index (κ2) is 6.82. The summed E-state index contributed by atoms with van der Waals surface area (Å²) < 4.78 is 6.81. The van der Waals surface area contributed by atoms with Gasteiger partial charge < -0.3 is 4.42 Å². The molecule has 25 heavy (non-hydrogen) atoms. The molecule has 0 radical (unpaired) electrons. The van der Waals surface area contributed by atoms with E-state index in [1.54, 1.807) is 44.3 Å². The number of amides is 2. The molecule has 0 saturated carbocycles. The van der Waals surface area contributed by atoms with Gasteiger partial charge in [0.1, 0.15) is 11.5 Å². The van der Waals surface area contributed by atoms with Crippen molar-refractivity contribution in [2.45, 2.75) is 13.8 Å². The molecule has 0 aliphatic rings. The first-order valence-electron chi connectivity index (χ1n) is 7.43. The number of carbonyl (C=O) groups excluding carboxylic acids is 2. The fourth-order valence-corrected chi connectivity index (χ4v) is 2.49. The third kappa shape index (κ3) is 3.72. The van der Waals surface area contributed by atoms with Crippen LogP contribution < -0.4 is 10.9 Å². The van der Waals surface area contributed by atoms with Crippen molar-refractivity contribution in [1.82, 2.24) is 20.6 Å². The number of nitrogens with one attached hydrogen (secondary N) is 2. The number of hydrogen-bond donors (Lipinski definition) is 2. The largest absolute Gasteiger partial charge is 0.466 e. The molecule has 0 fully saturated rings. The number of aryl methyl sites for hydroxylation is 2. The van der Waals surface area contributed by atoms with Gasteiger partial charge in [0.2, 0.25) is 0 Å². The van der Waals surface area contributed by atoms with Crippen LogP contribution in [0.4, 0.5) is 0 Å². The van der Waals surface area contributed by atoms with Crippen molar-refractivity contribution in [3.8, 4) is 5.69 Å². The number of rotatable bonds is 3. The highest BCUT2D eigenvalue weighted by atomic mass is 35.5. The van der Waals surface area contributed by atoms with Gasteiger partial charge in [0.05, 0.1) is 11.3 Å². The molecule has 128 valence electrons. The van der Waals surface area contributed by atoms with Gasteiger partial charge in [0.15, 0.2) is 5.69 Å². The van der Waals surface area contributed by atoms with Gasteiger partial charge in [-0.15, -0.1) is 0 Å². The van der Waals surface area contributed by atoms with E-state index in [9.17, 15) is 9.59 Å². The average Bonchev–Trinajstić information content (AvgIpc) is 3.19. The minimum atomic E-state index is -0.535. The van der Waals surface area contributed by atoms with Crippen LogP contribution in [0.25, 0.3) is 5.69 Å². The quantitative estimate of drug-likeness (QED) is 0.704. The molecule has 3 rings (SSSR count). The molecule has 1 aromatic carbocycles. The summed E-state index contributed by atoms with van der Waals surface area (Å²) in [5, 5.41) is 4.74. The Morgan fingerprint density at radius 1 is 1.12 bits per heavy atom. The third-order valence-electron chi connectivity index (χ3n) is 3.47. The Morgan fingerprint density at radius 3 is 2.56 bits per heavy atom. The van der Waals surface area contributed by atoms with E-state index in [0.29, 0.717) is 22.1 Å². The van der Waals surface area contributed by atoms with E-state index in [4.69, 9.17) is 16.0 Å². The highest BCUT2D eigenvalue weighted by Gasteiger charge is 2.16. The fourth-order valence-electron chi connectivity index (χ4n) is 2.31. The Hall–Kier alpha value is -3.06. The van der Waals surface area contributed by atoms with Gasteiger partial charge in [0.25, 0.3) is 11.8 Å². The topological polar surface area (TPSA) is 89.2 Å². The Labute approximate surface area is 148 Å². The number of hydrazine groups is 1. The summed E-state index contributed by atoms with van der Waals surface area (Å²) in [6.45, 7) is 3.42. The maximum Gasteiger partial charge on any atom is 0.290 e. The molecule has 0 saturated heterocycles. The minimum absolute atomic E-state index is 0.153. The number of nitrogens with zero attached hydrogens (tertiary/aromatic N) is 2. The Kier molecular flexibility index (Phi) is 4.58. The molecule has 3 aromatic rings. The molecule has 0 atom stereocenters. The van der Waals surface area contributed by atoms with Crippen molar-refractivity contribution in [3.63, 3.8) is 0 Å². The van der Waals surface area contributed by atoms with Crippen molar-refractivity contribution in [1.29, 1.82) is 0 Å². The van der Waals surface area contributed by atoms with Gasteiger partial charge in [-0.2, -0.15) is 5.10 Å². The van der Waals surface area contributed by atoms with Gasteiger partial charge in [-0.05, 0) is 44.2 Å². The minimum Gasteiger partial charge on any atom is -0.466 e. The van der Waals surface area contributed by atoms with Crippen LogP contribution >= 0.6 is 11.6 Å². The second-order valence-electron chi connectivity index (χ2n) is 5.36. The maximum absolute atomic E-state index is 12.1. The summed E-state index contributed by atoms with van der Waals surface area (Å²) in [6, 6.07) is 10.2. The van der Waals surface area contributed by atoms with E-state index < -0.39 is 11.8 Å². The van der Waals surface area contributed by atoms with E-state index in [-0.39, 0.29) is 5.69 Å². The van der Waals surface area contributed by atoms with Crippen molar-refractivity contribution in [2.24, 2.45) is 0 Å². The van der Waals surface area contributed by atoms with Gasteiger partial charge in [-0.3, -0.25) is 20.4 Å². The number of furan rings is 1. The van der Waals surface area contributed by atoms with Crippen LogP contribution in [0.2, 0.25) is 5.02 Å². The number of carbonyl (C=O) groups is 2. The number of aromatic nitrogens is 2. The summed E-state index contributed by atoms with van der Waals surface area (Å²) in [6.07, 6.45) is 1.63. The lowest BCUT2D eigenvalue weighted by Crippen LogP contribution is -2.41. The zero-order valence-electron chi connectivity index (χ0n) is 13.5. The fraction of sp³-hybridized carbons (Fsp3) is 0.118. The summed E-state index contributed by atoms with van der Waals surface area (Å²) in [5.74, 6) is 0.104. The standard InChI is InChI=1S/C17H15ClN4O3/c1-10-8-14(11(2)25-10)16(23)19-20-17(24)15-6-7-22(21-15)13-5-3-4-12(18)9-13/h3-9H,1-2H3,(H,19,23)(H,20,24).